The van der Waals surface area contributed by atoms with Gasteiger partial charge in [-0.15, -0.1) is 0 Å². The Kier molecular flexibility index (Phi) is 10.3. The summed E-state index contributed by atoms with van der Waals surface area (Å²) in [5.41, 5.74) is -6.53. The zero-order valence-electron chi connectivity index (χ0n) is 21.8. The normalized spacial score (nSPS) is 14.0. The maximum atomic E-state index is 14.3. The molecule has 0 saturated heterocycles. The van der Waals surface area contributed by atoms with Crippen LogP contribution in [0, 0.1) is 0 Å². The van der Waals surface area contributed by atoms with Crippen LogP contribution < -0.4 is 9.64 Å². The molecule has 0 spiro atoms. The molecule has 0 aromatic heterocycles. The van der Waals surface area contributed by atoms with Crippen LogP contribution in [0.15, 0.2) is 77.7 Å². The number of rotatable bonds is 11. The summed E-state index contributed by atoms with van der Waals surface area (Å²) in [5.74, 6) is -12.2. The smallest absolute Gasteiger partial charge is 0.460 e. The van der Waals surface area contributed by atoms with Crippen molar-refractivity contribution in [2.75, 3.05) is 11.4 Å². The Bertz CT molecular complexity index is 1410. The SMILES string of the molecule is OC(CN(Cc1cccc(C(F)(F)C(F)(F)C(F)(F)F)c1)c1cccc(OCc2cccc(SC(F)(F)F)c2)c1)C(F)(F)F. The first-order chi connectivity index (χ1) is 20.1. The third-order valence-electron chi connectivity index (χ3n) is 5.90. The highest BCUT2D eigenvalue weighted by molar-refractivity contribution is 8.00. The van der Waals surface area contributed by atoms with Crippen LogP contribution in [0.25, 0.3) is 0 Å². The second-order valence-electron chi connectivity index (χ2n) is 9.27. The first-order valence-corrected chi connectivity index (χ1v) is 12.9. The van der Waals surface area contributed by atoms with Gasteiger partial charge in [-0.3, -0.25) is 0 Å². The molecule has 0 aliphatic heterocycles. The molecular formula is C27H20F13NO2S. The molecule has 1 unspecified atom stereocenters. The van der Waals surface area contributed by atoms with Crippen molar-refractivity contribution in [1.82, 2.24) is 0 Å². The Morgan fingerprint density at radius 1 is 0.727 bits per heavy atom. The van der Waals surface area contributed by atoms with Crippen molar-refractivity contribution in [3.8, 4) is 5.75 Å². The monoisotopic (exact) mass is 669 g/mol. The van der Waals surface area contributed by atoms with Crippen LogP contribution in [0.2, 0.25) is 0 Å². The van der Waals surface area contributed by atoms with E-state index in [1.54, 1.807) is 0 Å². The van der Waals surface area contributed by atoms with Crippen LogP contribution in [0.1, 0.15) is 16.7 Å². The van der Waals surface area contributed by atoms with Crippen molar-refractivity contribution >= 4 is 17.4 Å². The zero-order chi connectivity index (χ0) is 33.1. The number of alkyl halides is 13. The van der Waals surface area contributed by atoms with Crippen molar-refractivity contribution in [3.05, 3.63) is 89.5 Å². The molecule has 17 heteroatoms. The highest BCUT2D eigenvalue weighted by Crippen LogP contribution is 2.51. The second-order valence-corrected chi connectivity index (χ2v) is 10.4. The van der Waals surface area contributed by atoms with Crippen molar-refractivity contribution < 1.29 is 66.9 Å². The van der Waals surface area contributed by atoms with Gasteiger partial charge in [-0.2, -0.15) is 57.1 Å². The van der Waals surface area contributed by atoms with Crippen molar-refractivity contribution in [1.29, 1.82) is 0 Å². The maximum Gasteiger partial charge on any atom is 0.460 e. The molecule has 1 atom stereocenters. The molecule has 0 radical (unpaired) electrons. The average molecular weight is 670 g/mol. The lowest BCUT2D eigenvalue weighted by molar-refractivity contribution is -0.359. The summed E-state index contributed by atoms with van der Waals surface area (Å²) < 4.78 is 177. The zero-order valence-corrected chi connectivity index (χ0v) is 22.6. The van der Waals surface area contributed by atoms with Crippen molar-refractivity contribution in [2.45, 2.75) is 53.9 Å². The number of hydrogen-bond donors (Lipinski definition) is 1. The fourth-order valence-electron chi connectivity index (χ4n) is 3.79. The number of benzene rings is 3. The average Bonchev–Trinajstić information content (AvgIpc) is 2.90. The van der Waals surface area contributed by atoms with E-state index in [1.807, 2.05) is 0 Å². The Morgan fingerprint density at radius 3 is 1.95 bits per heavy atom. The molecule has 3 aromatic rings. The number of ether oxygens (including phenoxy) is 1. The quantitative estimate of drug-likeness (QED) is 0.163. The minimum Gasteiger partial charge on any atom is -0.489 e. The molecule has 0 heterocycles. The molecule has 3 rings (SSSR count). The number of thioether (sulfide) groups is 1. The van der Waals surface area contributed by atoms with Gasteiger partial charge in [-0.1, -0.05) is 36.4 Å². The van der Waals surface area contributed by atoms with E-state index in [4.69, 9.17) is 4.74 Å². The highest BCUT2D eigenvalue weighted by Gasteiger charge is 2.73. The first-order valence-electron chi connectivity index (χ1n) is 12.1. The summed E-state index contributed by atoms with van der Waals surface area (Å²) in [5, 5.41) is 9.68. The molecule has 0 bridgehead atoms. The lowest BCUT2D eigenvalue weighted by Crippen LogP contribution is -2.50. The summed E-state index contributed by atoms with van der Waals surface area (Å²) in [7, 11) is 0. The van der Waals surface area contributed by atoms with E-state index >= 15 is 0 Å². The van der Waals surface area contributed by atoms with Gasteiger partial charge in [0.15, 0.2) is 6.10 Å². The topological polar surface area (TPSA) is 32.7 Å². The summed E-state index contributed by atoms with van der Waals surface area (Å²) in [4.78, 5) is 0.658. The predicted molar refractivity (Wildman–Crippen MR) is 134 cm³/mol. The minimum absolute atomic E-state index is 0.0204. The van der Waals surface area contributed by atoms with E-state index in [1.165, 1.54) is 42.5 Å². The lowest BCUT2D eigenvalue weighted by Gasteiger charge is -2.30. The van der Waals surface area contributed by atoms with Gasteiger partial charge in [-0.25, -0.2) is 0 Å². The Balaban J connectivity index is 1.89. The predicted octanol–water partition coefficient (Wildman–Crippen LogP) is 9.10. The molecule has 242 valence electrons. The molecule has 0 saturated carbocycles. The van der Waals surface area contributed by atoms with Gasteiger partial charge in [0.25, 0.3) is 0 Å². The number of nitrogens with zero attached hydrogens (tertiary/aromatic N) is 1. The Morgan fingerprint density at radius 2 is 1.34 bits per heavy atom. The van der Waals surface area contributed by atoms with Crippen molar-refractivity contribution in [3.63, 3.8) is 0 Å². The second kappa shape index (κ2) is 12.9. The molecular weight excluding hydrogens is 649 g/mol. The van der Waals surface area contributed by atoms with Gasteiger partial charge in [0.05, 0.1) is 6.54 Å². The first kappa shape index (κ1) is 35.1. The summed E-state index contributed by atoms with van der Waals surface area (Å²) in [6.07, 6.45) is -14.8. The largest absolute Gasteiger partial charge is 0.489 e. The van der Waals surface area contributed by atoms with E-state index in [-0.39, 0.29) is 40.8 Å². The molecule has 44 heavy (non-hydrogen) atoms. The van der Waals surface area contributed by atoms with Gasteiger partial charge in [0.2, 0.25) is 0 Å². The summed E-state index contributed by atoms with van der Waals surface area (Å²) >= 11 is -0.366. The van der Waals surface area contributed by atoms with Gasteiger partial charge in [-0.05, 0) is 53.2 Å². The van der Waals surface area contributed by atoms with Gasteiger partial charge >= 0.3 is 29.7 Å². The standard InChI is InChI=1S/C27H20F13NO2S/c28-23(29,25(33,34)26(35,36)37)18-6-1-4-16(10-18)13-41(14-22(42)24(30,31)32)19-7-3-8-20(12-19)43-15-17-5-2-9-21(11-17)44-27(38,39)40/h1-12,22,42H,13-15H2. The van der Waals surface area contributed by atoms with Crippen LogP contribution in [0.5, 0.6) is 5.75 Å². The third kappa shape index (κ3) is 8.86. The van der Waals surface area contributed by atoms with E-state index in [0.29, 0.717) is 17.7 Å². The van der Waals surface area contributed by atoms with E-state index in [2.05, 4.69) is 0 Å². The van der Waals surface area contributed by atoms with Crippen molar-refractivity contribution in [2.24, 2.45) is 0 Å². The fourth-order valence-corrected chi connectivity index (χ4v) is 4.41. The highest BCUT2D eigenvalue weighted by atomic mass is 32.2. The maximum absolute atomic E-state index is 14.3. The molecule has 0 aliphatic rings. The van der Waals surface area contributed by atoms with Crippen LogP contribution in [-0.4, -0.2) is 41.5 Å². The Hall–Kier alpha value is -3.34. The van der Waals surface area contributed by atoms with E-state index in [9.17, 15) is 62.2 Å². The van der Waals surface area contributed by atoms with Crippen LogP contribution in [-0.2, 0) is 19.1 Å². The lowest BCUT2D eigenvalue weighted by atomic mass is 9.99. The van der Waals surface area contributed by atoms with Crippen LogP contribution in [0.4, 0.5) is 62.8 Å². The van der Waals surface area contributed by atoms with Crippen LogP contribution in [0.3, 0.4) is 0 Å². The van der Waals surface area contributed by atoms with Crippen LogP contribution >= 0.6 is 11.8 Å². The van der Waals surface area contributed by atoms with E-state index < -0.39 is 60.0 Å². The third-order valence-corrected chi connectivity index (χ3v) is 6.63. The molecule has 0 amide bonds. The number of aliphatic hydroxyl groups is 1. The van der Waals surface area contributed by atoms with Gasteiger partial charge < -0.3 is 14.7 Å². The fraction of sp³-hybridized carbons (Fsp3) is 0.333. The van der Waals surface area contributed by atoms with Gasteiger partial charge in [0.1, 0.15) is 12.4 Å². The van der Waals surface area contributed by atoms with E-state index in [0.717, 1.165) is 17.0 Å². The molecule has 0 aliphatic carbocycles. The Labute approximate surface area is 245 Å². The number of aliphatic hydroxyl groups excluding tert-OH is 1. The van der Waals surface area contributed by atoms with Gasteiger partial charge in [0, 0.05) is 28.8 Å². The molecule has 3 nitrogen and oxygen atoms in total. The summed E-state index contributed by atoms with van der Waals surface area (Å²) in [6, 6.07) is 12.4. The number of halogens is 13. The molecule has 1 N–H and O–H groups in total. The molecule has 3 aromatic carbocycles. The number of hydrogen-bond acceptors (Lipinski definition) is 4. The summed E-state index contributed by atoms with van der Waals surface area (Å²) in [6.45, 7) is -2.27. The molecule has 0 fully saturated rings. The minimum atomic E-state index is -6.62. The number of anilines is 1.